The van der Waals surface area contributed by atoms with Crippen molar-refractivity contribution in [1.29, 1.82) is 0 Å². The van der Waals surface area contributed by atoms with Crippen LogP contribution in [0.4, 0.5) is 0 Å². The molecule has 0 aromatic rings. The minimum Gasteiger partial charge on any atom is -0.0991 e. The van der Waals surface area contributed by atoms with Crippen molar-refractivity contribution in [3.8, 4) is 0 Å². The number of rotatable bonds is 15. The Hall–Kier alpha value is -0.780. The second-order valence-electron chi connectivity index (χ2n) is 5.73. The van der Waals surface area contributed by atoms with E-state index in [0.717, 1.165) is 0 Å². The fraction of sp³-hybridized carbons (Fsp3) is 0.700. The van der Waals surface area contributed by atoms with Crippen molar-refractivity contribution >= 4 is 0 Å². The third kappa shape index (κ3) is 17.2. The van der Waals surface area contributed by atoms with Crippen LogP contribution in [0.3, 0.4) is 0 Å². The first-order valence-electron chi connectivity index (χ1n) is 8.86. The molecule has 0 unspecified atom stereocenters. The molecular formula is C20H36. The number of allylic oxidation sites excluding steroid dienone is 5. The second-order valence-corrected chi connectivity index (χ2v) is 5.73. The summed E-state index contributed by atoms with van der Waals surface area (Å²) in [5.74, 6) is 0. The largest absolute Gasteiger partial charge is 0.0991 e. The van der Waals surface area contributed by atoms with Crippen LogP contribution < -0.4 is 0 Å². The van der Waals surface area contributed by atoms with Gasteiger partial charge in [-0.15, -0.1) is 0 Å². The van der Waals surface area contributed by atoms with Crippen LogP contribution in [-0.4, -0.2) is 0 Å². The normalized spacial score (nSPS) is 11.7. The molecule has 0 nitrogen and oxygen atoms in total. The summed E-state index contributed by atoms with van der Waals surface area (Å²) in [6.07, 6.45) is 28.6. The van der Waals surface area contributed by atoms with Gasteiger partial charge in [-0.1, -0.05) is 115 Å². The summed E-state index contributed by atoms with van der Waals surface area (Å²) in [5.41, 5.74) is 0. The van der Waals surface area contributed by atoms with Crippen LogP contribution in [-0.2, 0) is 0 Å². The Bertz CT molecular complexity index is 234. The summed E-state index contributed by atoms with van der Waals surface area (Å²) in [6, 6.07) is 0. The van der Waals surface area contributed by atoms with Gasteiger partial charge in [0.05, 0.1) is 0 Å². The molecular weight excluding hydrogens is 240 g/mol. The lowest BCUT2D eigenvalue weighted by molar-refractivity contribution is 0.545. The molecule has 0 aliphatic rings. The molecule has 0 amide bonds. The first-order chi connectivity index (χ1) is 9.91. The SMILES string of the molecule is C=C/C=C\C=CCCCCCCCCCCCCCC. The highest BCUT2D eigenvalue weighted by Crippen LogP contribution is 2.12. The van der Waals surface area contributed by atoms with Gasteiger partial charge in [-0.3, -0.25) is 0 Å². The molecule has 0 bridgehead atoms. The van der Waals surface area contributed by atoms with Crippen molar-refractivity contribution < 1.29 is 0 Å². The molecule has 0 saturated heterocycles. The van der Waals surface area contributed by atoms with Gasteiger partial charge in [-0.05, 0) is 12.8 Å². The summed E-state index contributed by atoms with van der Waals surface area (Å²) in [5, 5.41) is 0. The van der Waals surface area contributed by atoms with Crippen LogP contribution in [0.1, 0.15) is 90.4 Å². The van der Waals surface area contributed by atoms with Gasteiger partial charge in [0, 0.05) is 0 Å². The van der Waals surface area contributed by atoms with E-state index in [-0.39, 0.29) is 0 Å². The van der Waals surface area contributed by atoms with Gasteiger partial charge in [0.2, 0.25) is 0 Å². The van der Waals surface area contributed by atoms with Crippen molar-refractivity contribution in [3.63, 3.8) is 0 Å². The van der Waals surface area contributed by atoms with E-state index in [0.29, 0.717) is 0 Å². The molecule has 0 radical (unpaired) electrons. The van der Waals surface area contributed by atoms with Gasteiger partial charge in [0.15, 0.2) is 0 Å². The summed E-state index contributed by atoms with van der Waals surface area (Å²) in [7, 11) is 0. The monoisotopic (exact) mass is 276 g/mol. The zero-order valence-corrected chi connectivity index (χ0v) is 13.8. The molecule has 0 spiro atoms. The maximum absolute atomic E-state index is 3.65. The molecule has 0 heterocycles. The maximum Gasteiger partial charge on any atom is -0.0348 e. The van der Waals surface area contributed by atoms with Crippen LogP contribution in [0.15, 0.2) is 37.0 Å². The van der Waals surface area contributed by atoms with Gasteiger partial charge in [0.25, 0.3) is 0 Å². The zero-order chi connectivity index (χ0) is 14.7. The highest BCUT2D eigenvalue weighted by Gasteiger charge is 1.92. The first kappa shape index (κ1) is 19.2. The third-order valence-corrected chi connectivity index (χ3v) is 3.72. The Balaban J connectivity index is 3.04. The first-order valence-corrected chi connectivity index (χ1v) is 8.86. The van der Waals surface area contributed by atoms with Crippen LogP contribution >= 0.6 is 0 Å². The fourth-order valence-electron chi connectivity index (χ4n) is 2.42. The van der Waals surface area contributed by atoms with Crippen molar-refractivity contribution in [2.45, 2.75) is 90.4 Å². The van der Waals surface area contributed by atoms with E-state index in [4.69, 9.17) is 0 Å². The lowest BCUT2D eigenvalue weighted by Crippen LogP contribution is -1.82. The van der Waals surface area contributed by atoms with Crippen molar-refractivity contribution in [3.05, 3.63) is 37.0 Å². The van der Waals surface area contributed by atoms with Crippen molar-refractivity contribution in [1.82, 2.24) is 0 Å². The minimum atomic E-state index is 1.22. The molecule has 0 heteroatoms. The van der Waals surface area contributed by atoms with E-state index in [2.05, 4.69) is 25.7 Å². The molecule has 0 N–H and O–H groups in total. The quantitative estimate of drug-likeness (QED) is 0.216. The second kappa shape index (κ2) is 18.2. The molecule has 0 rings (SSSR count). The van der Waals surface area contributed by atoms with Gasteiger partial charge in [-0.2, -0.15) is 0 Å². The fourth-order valence-corrected chi connectivity index (χ4v) is 2.42. The average Bonchev–Trinajstić information content (AvgIpc) is 2.47. The van der Waals surface area contributed by atoms with E-state index in [1.165, 1.54) is 83.5 Å². The summed E-state index contributed by atoms with van der Waals surface area (Å²) in [4.78, 5) is 0. The predicted octanol–water partition coefficient (Wildman–Crippen LogP) is 7.38. The lowest BCUT2D eigenvalue weighted by Gasteiger charge is -2.02. The Kier molecular flexibility index (Phi) is 17.5. The van der Waals surface area contributed by atoms with Crippen LogP contribution in [0.2, 0.25) is 0 Å². The van der Waals surface area contributed by atoms with E-state index in [9.17, 15) is 0 Å². The standard InChI is InChI=1S/C20H36/c1-3-5-7-9-11-13-15-17-19-20-18-16-14-12-10-8-6-4-2/h3,5,7,9,11H,1,4,6,8,10,12-20H2,2H3/b7-5-,11-9?. The van der Waals surface area contributed by atoms with E-state index >= 15 is 0 Å². The molecule has 0 aliphatic heterocycles. The van der Waals surface area contributed by atoms with Crippen molar-refractivity contribution in [2.75, 3.05) is 0 Å². The Morgan fingerprint density at radius 2 is 1.10 bits per heavy atom. The summed E-state index contributed by atoms with van der Waals surface area (Å²) in [6.45, 7) is 5.93. The number of hydrogen-bond acceptors (Lipinski definition) is 0. The summed E-state index contributed by atoms with van der Waals surface area (Å²) < 4.78 is 0. The molecule has 0 aliphatic carbocycles. The molecule has 0 atom stereocenters. The highest BCUT2D eigenvalue weighted by atomic mass is 14.0. The Labute approximate surface area is 128 Å². The number of unbranched alkanes of at least 4 members (excludes halogenated alkanes) is 12. The van der Waals surface area contributed by atoms with E-state index in [1.54, 1.807) is 0 Å². The molecule has 0 fully saturated rings. The van der Waals surface area contributed by atoms with Crippen LogP contribution in [0.25, 0.3) is 0 Å². The van der Waals surface area contributed by atoms with Crippen LogP contribution in [0.5, 0.6) is 0 Å². The lowest BCUT2D eigenvalue weighted by atomic mass is 10.0. The smallest absolute Gasteiger partial charge is 0.0348 e. The van der Waals surface area contributed by atoms with Crippen LogP contribution in [0, 0.1) is 0 Å². The maximum atomic E-state index is 3.65. The molecule has 116 valence electrons. The zero-order valence-electron chi connectivity index (χ0n) is 13.8. The summed E-state index contributed by atoms with van der Waals surface area (Å²) >= 11 is 0. The van der Waals surface area contributed by atoms with Gasteiger partial charge in [0.1, 0.15) is 0 Å². The van der Waals surface area contributed by atoms with Gasteiger partial charge in [-0.25, -0.2) is 0 Å². The third-order valence-electron chi connectivity index (χ3n) is 3.72. The Morgan fingerprint density at radius 1 is 0.600 bits per heavy atom. The molecule has 0 aromatic carbocycles. The van der Waals surface area contributed by atoms with E-state index in [1.807, 2.05) is 18.2 Å². The highest BCUT2D eigenvalue weighted by molar-refractivity contribution is 5.08. The minimum absolute atomic E-state index is 1.22. The molecule has 20 heavy (non-hydrogen) atoms. The van der Waals surface area contributed by atoms with E-state index < -0.39 is 0 Å². The topological polar surface area (TPSA) is 0 Å². The van der Waals surface area contributed by atoms with Crippen molar-refractivity contribution in [2.24, 2.45) is 0 Å². The van der Waals surface area contributed by atoms with Gasteiger partial charge < -0.3 is 0 Å². The predicted molar refractivity (Wildman–Crippen MR) is 94.2 cm³/mol. The molecule has 0 saturated carbocycles. The van der Waals surface area contributed by atoms with Gasteiger partial charge >= 0.3 is 0 Å². The molecule has 0 aromatic heterocycles. The Morgan fingerprint density at radius 3 is 1.60 bits per heavy atom. The average molecular weight is 277 g/mol. The number of hydrogen-bond donors (Lipinski definition) is 0.